The van der Waals surface area contributed by atoms with Crippen molar-refractivity contribution in [2.75, 3.05) is 6.54 Å². The SMILES string of the molecule is Cc1ccccc1CC(=O)NCC[C@H](O)C(=O)O. The highest BCUT2D eigenvalue weighted by Crippen LogP contribution is 2.07. The molecule has 5 heteroatoms. The maximum absolute atomic E-state index is 11.6. The van der Waals surface area contributed by atoms with Crippen LogP contribution in [0.5, 0.6) is 0 Å². The Kier molecular flexibility index (Phi) is 5.32. The van der Waals surface area contributed by atoms with Gasteiger partial charge in [0.05, 0.1) is 6.42 Å². The second kappa shape index (κ2) is 6.76. The monoisotopic (exact) mass is 251 g/mol. The fraction of sp³-hybridized carbons (Fsp3) is 0.385. The second-order valence-electron chi connectivity index (χ2n) is 4.10. The van der Waals surface area contributed by atoms with Gasteiger partial charge in [-0.2, -0.15) is 0 Å². The molecule has 0 heterocycles. The lowest BCUT2D eigenvalue weighted by Gasteiger charge is -2.08. The van der Waals surface area contributed by atoms with E-state index in [2.05, 4.69) is 5.32 Å². The fourth-order valence-corrected chi connectivity index (χ4v) is 1.52. The molecular formula is C13H17NO4. The third kappa shape index (κ3) is 4.55. The molecule has 0 aliphatic carbocycles. The van der Waals surface area contributed by atoms with Crippen molar-refractivity contribution in [3.05, 3.63) is 35.4 Å². The standard InChI is InChI=1S/C13H17NO4/c1-9-4-2-3-5-10(9)8-12(16)14-7-6-11(15)13(17)18/h2-5,11,15H,6-8H2,1H3,(H,14,16)(H,17,18)/t11-/m0/s1. The van der Waals surface area contributed by atoms with Crippen LogP contribution in [0, 0.1) is 6.92 Å². The van der Waals surface area contributed by atoms with E-state index in [4.69, 9.17) is 10.2 Å². The lowest BCUT2D eigenvalue weighted by atomic mass is 10.1. The van der Waals surface area contributed by atoms with E-state index in [1.54, 1.807) is 0 Å². The Balaban J connectivity index is 2.35. The molecule has 0 saturated heterocycles. The van der Waals surface area contributed by atoms with Crippen LogP contribution in [-0.2, 0) is 16.0 Å². The topological polar surface area (TPSA) is 86.6 Å². The third-order valence-electron chi connectivity index (χ3n) is 2.64. The predicted octanol–water partition coefficient (Wildman–Crippen LogP) is 0.489. The summed E-state index contributed by atoms with van der Waals surface area (Å²) < 4.78 is 0. The van der Waals surface area contributed by atoms with Crippen molar-refractivity contribution in [3.63, 3.8) is 0 Å². The number of nitrogens with one attached hydrogen (secondary N) is 1. The van der Waals surface area contributed by atoms with E-state index >= 15 is 0 Å². The van der Waals surface area contributed by atoms with Gasteiger partial charge in [-0.05, 0) is 18.1 Å². The number of amides is 1. The molecule has 0 unspecified atom stereocenters. The van der Waals surface area contributed by atoms with Gasteiger partial charge in [0.1, 0.15) is 0 Å². The lowest BCUT2D eigenvalue weighted by molar-refractivity contribution is -0.147. The summed E-state index contributed by atoms with van der Waals surface area (Å²) in [6.45, 7) is 2.08. The lowest BCUT2D eigenvalue weighted by Crippen LogP contribution is -2.31. The van der Waals surface area contributed by atoms with Crippen molar-refractivity contribution in [1.29, 1.82) is 0 Å². The summed E-state index contributed by atoms with van der Waals surface area (Å²) >= 11 is 0. The van der Waals surface area contributed by atoms with E-state index in [0.717, 1.165) is 11.1 Å². The largest absolute Gasteiger partial charge is 0.479 e. The van der Waals surface area contributed by atoms with E-state index in [1.807, 2.05) is 31.2 Å². The minimum absolute atomic E-state index is 0.00877. The van der Waals surface area contributed by atoms with Crippen LogP contribution in [0.15, 0.2) is 24.3 Å². The Morgan fingerprint density at radius 1 is 1.33 bits per heavy atom. The van der Waals surface area contributed by atoms with E-state index in [-0.39, 0.29) is 25.3 Å². The summed E-state index contributed by atoms with van der Waals surface area (Å²) in [5.41, 5.74) is 1.98. The number of aliphatic hydroxyl groups is 1. The molecular weight excluding hydrogens is 234 g/mol. The van der Waals surface area contributed by atoms with Crippen LogP contribution < -0.4 is 5.32 Å². The number of benzene rings is 1. The average Bonchev–Trinajstić information content (AvgIpc) is 2.32. The zero-order valence-corrected chi connectivity index (χ0v) is 10.2. The van der Waals surface area contributed by atoms with E-state index in [9.17, 15) is 9.59 Å². The van der Waals surface area contributed by atoms with Crippen LogP contribution in [0.3, 0.4) is 0 Å². The Morgan fingerprint density at radius 3 is 2.61 bits per heavy atom. The molecule has 0 saturated carbocycles. The number of carboxylic acids is 1. The molecule has 0 fully saturated rings. The molecule has 5 nitrogen and oxygen atoms in total. The minimum Gasteiger partial charge on any atom is -0.479 e. The van der Waals surface area contributed by atoms with Crippen molar-refractivity contribution < 1.29 is 19.8 Å². The van der Waals surface area contributed by atoms with Crippen LogP contribution in [0.2, 0.25) is 0 Å². The van der Waals surface area contributed by atoms with Gasteiger partial charge in [-0.15, -0.1) is 0 Å². The predicted molar refractivity (Wildman–Crippen MR) is 66.2 cm³/mol. The van der Waals surface area contributed by atoms with Crippen molar-refractivity contribution in [3.8, 4) is 0 Å². The molecule has 18 heavy (non-hydrogen) atoms. The van der Waals surface area contributed by atoms with Crippen LogP contribution in [0.25, 0.3) is 0 Å². The van der Waals surface area contributed by atoms with Crippen molar-refractivity contribution in [1.82, 2.24) is 5.32 Å². The number of hydrogen-bond acceptors (Lipinski definition) is 3. The minimum atomic E-state index is -1.43. The van der Waals surface area contributed by atoms with Crippen molar-refractivity contribution in [2.24, 2.45) is 0 Å². The number of aliphatic hydroxyl groups excluding tert-OH is 1. The number of aryl methyl sites for hydroxylation is 1. The molecule has 0 aromatic heterocycles. The Bertz CT molecular complexity index is 431. The van der Waals surface area contributed by atoms with E-state index < -0.39 is 12.1 Å². The molecule has 1 atom stereocenters. The van der Waals surface area contributed by atoms with E-state index in [0.29, 0.717) is 0 Å². The van der Waals surface area contributed by atoms with Gasteiger partial charge < -0.3 is 15.5 Å². The first-order valence-electron chi connectivity index (χ1n) is 5.72. The number of rotatable bonds is 6. The summed E-state index contributed by atoms with van der Waals surface area (Å²) in [7, 11) is 0. The molecule has 0 aliphatic heterocycles. The number of carboxylic acid groups (broad SMARTS) is 1. The van der Waals surface area contributed by atoms with Gasteiger partial charge in [-0.1, -0.05) is 24.3 Å². The maximum Gasteiger partial charge on any atom is 0.332 e. The molecule has 1 aromatic rings. The molecule has 1 amide bonds. The second-order valence-corrected chi connectivity index (χ2v) is 4.10. The van der Waals surface area contributed by atoms with Gasteiger partial charge >= 0.3 is 5.97 Å². The van der Waals surface area contributed by atoms with Crippen LogP contribution >= 0.6 is 0 Å². The Hall–Kier alpha value is -1.88. The highest BCUT2D eigenvalue weighted by Gasteiger charge is 2.13. The molecule has 1 rings (SSSR count). The molecule has 0 aliphatic rings. The first-order valence-corrected chi connectivity index (χ1v) is 5.72. The quantitative estimate of drug-likeness (QED) is 0.686. The normalized spacial score (nSPS) is 11.9. The molecule has 3 N–H and O–H groups in total. The molecule has 98 valence electrons. The van der Waals surface area contributed by atoms with Gasteiger partial charge in [0.25, 0.3) is 0 Å². The number of carbonyl (C=O) groups excluding carboxylic acids is 1. The average molecular weight is 251 g/mol. The van der Waals surface area contributed by atoms with Gasteiger partial charge in [-0.25, -0.2) is 4.79 Å². The Morgan fingerprint density at radius 2 is 2.00 bits per heavy atom. The first kappa shape index (κ1) is 14.2. The molecule has 0 bridgehead atoms. The van der Waals surface area contributed by atoms with E-state index in [1.165, 1.54) is 0 Å². The van der Waals surface area contributed by atoms with Gasteiger partial charge in [0.15, 0.2) is 6.10 Å². The van der Waals surface area contributed by atoms with Crippen LogP contribution in [0.1, 0.15) is 17.5 Å². The first-order chi connectivity index (χ1) is 8.50. The smallest absolute Gasteiger partial charge is 0.332 e. The third-order valence-corrected chi connectivity index (χ3v) is 2.64. The van der Waals surface area contributed by atoms with Crippen molar-refractivity contribution >= 4 is 11.9 Å². The zero-order chi connectivity index (χ0) is 13.5. The fourth-order valence-electron chi connectivity index (χ4n) is 1.52. The number of hydrogen-bond donors (Lipinski definition) is 3. The number of carbonyl (C=O) groups is 2. The summed E-state index contributed by atoms with van der Waals surface area (Å²) in [6, 6.07) is 7.57. The Labute approximate surface area is 105 Å². The summed E-state index contributed by atoms with van der Waals surface area (Å²) in [4.78, 5) is 21.9. The highest BCUT2D eigenvalue weighted by atomic mass is 16.4. The highest BCUT2D eigenvalue weighted by molar-refractivity contribution is 5.79. The maximum atomic E-state index is 11.6. The summed E-state index contributed by atoms with van der Waals surface area (Å²) in [5.74, 6) is -1.45. The summed E-state index contributed by atoms with van der Waals surface area (Å²) in [5, 5.41) is 20.1. The van der Waals surface area contributed by atoms with Gasteiger partial charge in [-0.3, -0.25) is 4.79 Å². The summed E-state index contributed by atoms with van der Waals surface area (Å²) in [6.07, 6.45) is -1.16. The molecule has 0 radical (unpaired) electrons. The number of aliphatic carboxylic acids is 1. The van der Waals surface area contributed by atoms with Gasteiger partial charge in [0.2, 0.25) is 5.91 Å². The van der Waals surface area contributed by atoms with Crippen molar-refractivity contribution in [2.45, 2.75) is 25.9 Å². The van der Waals surface area contributed by atoms with Crippen LogP contribution in [-0.4, -0.2) is 34.7 Å². The molecule has 1 aromatic carbocycles. The molecule has 0 spiro atoms. The van der Waals surface area contributed by atoms with Crippen LogP contribution in [0.4, 0.5) is 0 Å². The zero-order valence-electron chi connectivity index (χ0n) is 10.2. The van der Waals surface area contributed by atoms with Gasteiger partial charge in [0, 0.05) is 13.0 Å².